The molecule has 2 heterocycles. The molecule has 0 radical (unpaired) electrons. The normalized spacial score (nSPS) is 16.4. The molecule has 0 atom stereocenters. The SMILES string of the molecule is COC(=O)c1c(NC2CCNCC2)nn(C(C)C)c1N. The Morgan fingerprint density at radius 3 is 2.70 bits per heavy atom. The molecule has 7 heteroatoms. The Balaban J connectivity index is 2.29. The molecule has 1 aromatic rings. The fourth-order valence-corrected chi connectivity index (χ4v) is 2.41. The van der Waals surface area contributed by atoms with Crippen molar-refractivity contribution in [3.8, 4) is 0 Å². The third kappa shape index (κ3) is 2.87. The minimum Gasteiger partial charge on any atom is -0.465 e. The molecular formula is C13H23N5O2. The van der Waals surface area contributed by atoms with Gasteiger partial charge in [0.15, 0.2) is 5.82 Å². The molecule has 1 saturated heterocycles. The van der Waals surface area contributed by atoms with E-state index in [9.17, 15) is 4.79 Å². The number of rotatable bonds is 4. The Kier molecular flexibility index (Phi) is 4.49. The molecule has 1 fully saturated rings. The first-order valence-corrected chi connectivity index (χ1v) is 6.98. The number of aromatic nitrogens is 2. The molecule has 7 nitrogen and oxygen atoms in total. The Labute approximate surface area is 118 Å². The number of ether oxygens (including phenoxy) is 1. The molecule has 0 aromatic carbocycles. The zero-order valence-corrected chi connectivity index (χ0v) is 12.3. The van der Waals surface area contributed by atoms with Crippen molar-refractivity contribution >= 4 is 17.6 Å². The zero-order valence-electron chi connectivity index (χ0n) is 12.3. The summed E-state index contributed by atoms with van der Waals surface area (Å²) in [5.41, 5.74) is 6.37. The van der Waals surface area contributed by atoms with E-state index < -0.39 is 5.97 Å². The van der Waals surface area contributed by atoms with E-state index >= 15 is 0 Å². The van der Waals surface area contributed by atoms with Crippen LogP contribution >= 0.6 is 0 Å². The lowest BCUT2D eigenvalue weighted by Crippen LogP contribution is -2.35. The largest absolute Gasteiger partial charge is 0.465 e. The number of nitrogens with zero attached hydrogens (tertiary/aromatic N) is 2. The number of nitrogens with two attached hydrogens (primary N) is 1. The fraction of sp³-hybridized carbons (Fsp3) is 0.692. The van der Waals surface area contributed by atoms with Crippen LogP contribution in [0.2, 0.25) is 0 Å². The standard InChI is InChI=1S/C13H23N5O2/c1-8(2)18-11(14)10(13(19)20-3)12(17-18)16-9-4-6-15-7-5-9/h8-9,15H,4-7,14H2,1-3H3,(H,16,17). The first kappa shape index (κ1) is 14.6. The summed E-state index contributed by atoms with van der Waals surface area (Å²) in [5, 5.41) is 11.1. The summed E-state index contributed by atoms with van der Waals surface area (Å²) < 4.78 is 6.46. The molecule has 2 rings (SSSR count). The Morgan fingerprint density at radius 1 is 1.50 bits per heavy atom. The Morgan fingerprint density at radius 2 is 2.15 bits per heavy atom. The highest BCUT2D eigenvalue weighted by Gasteiger charge is 2.26. The van der Waals surface area contributed by atoms with Gasteiger partial charge in [-0.2, -0.15) is 5.10 Å². The summed E-state index contributed by atoms with van der Waals surface area (Å²) in [6, 6.07) is 0.386. The van der Waals surface area contributed by atoms with Crippen molar-refractivity contribution in [1.29, 1.82) is 0 Å². The molecule has 4 N–H and O–H groups in total. The quantitative estimate of drug-likeness (QED) is 0.713. The van der Waals surface area contributed by atoms with Crippen LogP contribution in [0.1, 0.15) is 43.1 Å². The second kappa shape index (κ2) is 6.13. The first-order chi connectivity index (χ1) is 9.54. The van der Waals surface area contributed by atoms with E-state index in [1.54, 1.807) is 4.68 Å². The van der Waals surface area contributed by atoms with Crippen LogP contribution in [0, 0.1) is 0 Å². The van der Waals surface area contributed by atoms with Crippen LogP contribution in [-0.2, 0) is 4.74 Å². The highest BCUT2D eigenvalue weighted by Crippen LogP contribution is 2.26. The van der Waals surface area contributed by atoms with Gasteiger partial charge < -0.3 is 21.1 Å². The van der Waals surface area contributed by atoms with E-state index in [2.05, 4.69) is 15.7 Å². The summed E-state index contributed by atoms with van der Waals surface area (Å²) in [6.07, 6.45) is 1.99. The number of carbonyl (C=O) groups excluding carboxylic acids is 1. The minimum atomic E-state index is -0.453. The maximum absolute atomic E-state index is 11.9. The molecule has 20 heavy (non-hydrogen) atoms. The van der Waals surface area contributed by atoms with Crippen molar-refractivity contribution in [3.05, 3.63) is 5.56 Å². The number of nitrogen functional groups attached to an aromatic ring is 1. The van der Waals surface area contributed by atoms with Crippen LogP contribution in [0.25, 0.3) is 0 Å². The van der Waals surface area contributed by atoms with Gasteiger partial charge >= 0.3 is 5.97 Å². The van der Waals surface area contributed by atoms with Gasteiger partial charge in [0.1, 0.15) is 11.4 Å². The number of hydrogen-bond donors (Lipinski definition) is 3. The van der Waals surface area contributed by atoms with E-state index in [0.717, 1.165) is 25.9 Å². The smallest absolute Gasteiger partial charge is 0.345 e. The number of piperidine rings is 1. The Bertz CT molecular complexity index is 477. The predicted octanol–water partition coefficient (Wildman–Crippen LogP) is 0.997. The minimum absolute atomic E-state index is 0.0852. The average Bonchev–Trinajstić information content (AvgIpc) is 2.76. The van der Waals surface area contributed by atoms with E-state index in [1.807, 2.05) is 13.8 Å². The van der Waals surface area contributed by atoms with Crippen molar-refractivity contribution < 1.29 is 9.53 Å². The lowest BCUT2D eigenvalue weighted by molar-refractivity contribution is 0.0603. The van der Waals surface area contributed by atoms with E-state index in [0.29, 0.717) is 23.2 Å². The molecule has 0 amide bonds. The summed E-state index contributed by atoms with van der Waals surface area (Å²) in [5.74, 6) is 0.420. The number of nitrogens with one attached hydrogen (secondary N) is 2. The summed E-state index contributed by atoms with van der Waals surface area (Å²) in [6.45, 7) is 5.87. The number of methoxy groups -OCH3 is 1. The first-order valence-electron chi connectivity index (χ1n) is 6.98. The second-order valence-electron chi connectivity index (χ2n) is 5.31. The molecule has 112 valence electrons. The molecule has 1 aromatic heterocycles. The monoisotopic (exact) mass is 281 g/mol. The van der Waals surface area contributed by atoms with Crippen LogP contribution in [0.5, 0.6) is 0 Å². The van der Waals surface area contributed by atoms with E-state index in [4.69, 9.17) is 10.5 Å². The van der Waals surface area contributed by atoms with Crippen LogP contribution in [0.15, 0.2) is 0 Å². The van der Waals surface area contributed by atoms with Crippen LogP contribution in [-0.4, -0.2) is 42.0 Å². The fourth-order valence-electron chi connectivity index (χ4n) is 2.41. The van der Waals surface area contributed by atoms with Crippen molar-refractivity contribution in [2.75, 3.05) is 31.2 Å². The van der Waals surface area contributed by atoms with Gasteiger partial charge in [-0.1, -0.05) is 0 Å². The highest BCUT2D eigenvalue weighted by atomic mass is 16.5. The van der Waals surface area contributed by atoms with Crippen molar-refractivity contribution in [1.82, 2.24) is 15.1 Å². The summed E-state index contributed by atoms with van der Waals surface area (Å²) in [4.78, 5) is 11.9. The molecule has 0 bridgehead atoms. The van der Waals surface area contributed by atoms with Crippen LogP contribution < -0.4 is 16.4 Å². The predicted molar refractivity (Wildman–Crippen MR) is 77.9 cm³/mol. The topological polar surface area (TPSA) is 94.2 Å². The number of carbonyl (C=O) groups is 1. The van der Waals surface area contributed by atoms with Crippen molar-refractivity contribution in [3.63, 3.8) is 0 Å². The zero-order chi connectivity index (χ0) is 14.7. The van der Waals surface area contributed by atoms with Gasteiger partial charge in [-0.25, -0.2) is 9.48 Å². The van der Waals surface area contributed by atoms with E-state index in [1.165, 1.54) is 7.11 Å². The Hall–Kier alpha value is -1.76. The third-order valence-electron chi connectivity index (χ3n) is 3.51. The second-order valence-corrected chi connectivity index (χ2v) is 5.31. The number of hydrogen-bond acceptors (Lipinski definition) is 6. The third-order valence-corrected chi connectivity index (χ3v) is 3.51. The molecule has 0 aliphatic carbocycles. The average molecular weight is 281 g/mol. The van der Waals surface area contributed by atoms with Crippen LogP contribution in [0.3, 0.4) is 0 Å². The van der Waals surface area contributed by atoms with Crippen LogP contribution in [0.4, 0.5) is 11.6 Å². The van der Waals surface area contributed by atoms with Crippen molar-refractivity contribution in [2.24, 2.45) is 0 Å². The molecule has 1 aliphatic heterocycles. The summed E-state index contributed by atoms with van der Waals surface area (Å²) in [7, 11) is 1.35. The van der Waals surface area contributed by atoms with Gasteiger partial charge in [0, 0.05) is 12.1 Å². The highest BCUT2D eigenvalue weighted by molar-refractivity contribution is 5.99. The maximum atomic E-state index is 11.9. The lowest BCUT2D eigenvalue weighted by Gasteiger charge is -2.23. The van der Waals surface area contributed by atoms with Gasteiger partial charge in [-0.05, 0) is 39.8 Å². The molecule has 0 saturated carbocycles. The lowest BCUT2D eigenvalue weighted by atomic mass is 10.1. The summed E-state index contributed by atoms with van der Waals surface area (Å²) >= 11 is 0. The molecule has 1 aliphatic rings. The maximum Gasteiger partial charge on any atom is 0.345 e. The molecular weight excluding hydrogens is 258 g/mol. The van der Waals surface area contributed by atoms with E-state index in [-0.39, 0.29) is 6.04 Å². The van der Waals surface area contributed by atoms with Crippen molar-refractivity contribution in [2.45, 2.75) is 38.8 Å². The number of esters is 1. The molecule has 0 spiro atoms. The van der Waals surface area contributed by atoms with Gasteiger partial charge in [0.05, 0.1) is 7.11 Å². The van der Waals surface area contributed by atoms with Gasteiger partial charge in [0.25, 0.3) is 0 Å². The van der Waals surface area contributed by atoms with Gasteiger partial charge in [-0.3, -0.25) is 0 Å². The van der Waals surface area contributed by atoms with Gasteiger partial charge in [0.2, 0.25) is 0 Å². The molecule has 0 unspecified atom stereocenters. The van der Waals surface area contributed by atoms with Gasteiger partial charge in [-0.15, -0.1) is 0 Å². The number of anilines is 2.